The van der Waals surface area contributed by atoms with E-state index in [1.54, 1.807) is 40.9 Å². The highest BCUT2D eigenvalue weighted by atomic mass is 19.1. The van der Waals surface area contributed by atoms with Crippen molar-refractivity contribution in [3.8, 4) is 5.69 Å². The van der Waals surface area contributed by atoms with Gasteiger partial charge in [-0.1, -0.05) is 12.1 Å². The minimum absolute atomic E-state index is 0.196. The Kier molecular flexibility index (Phi) is 4.48. The van der Waals surface area contributed by atoms with Crippen LogP contribution in [-0.4, -0.2) is 27.6 Å². The van der Waals surface area contributed by atoms with E-state index in [4.69, 9.17) is 0 Å². The van der Waals surface area contributed by atoms with E-state index in [2.05, 4.69) is 5.10 Å². The average molecular weight is 367 g/mol. The van der Waals surface area contributed by atoms with Crippen LogP contribution in [-0.2, 0) is 19.4 Å². The molecule has 1 aliphatic carbocycles. The Labute approximate surface area is 156 Å². The molecule has 0 fully saturated rings. The Morgan fingerprint density at radius 1 is 1.11 bits per heavy atom. The number of aromatic nitrogens is 2. The average Bonchev–Trinajstić information content (AvgIpc) is 3.24. The van der Waals surface area contributed by atoms with Crippen LogP contribution in [0.5, 0.6) is 0 Å². The maximum absolute atomic E-state index is 13.4. The fourth-order valence-corrected chi connectivity index (χ4v) is 3.57. The van der Waals surface area contributed by atoms with Gasteiger partial charge in [0.1, 0.15) is 11.6 Å². The number of hydrogen-bond donors (Lipinski definition) is 0. The van der Waals surface area contributed by atoms with Gasteiger partial charge in [0, 0.05) is 24.8 Å². The maximum Gasteiger partial charge on any atom is 0.274 e. The second-order valence-corrected chi connectivity index (χ2v) is 6.81. The lowest BCUT2D eigenvalue weighted by Gasteiger charge is -2.16. The quantitative estimate of drug-likeness (QED) is 0.701. The van der Waals surface area contributed by atoms with Crippen molar-refractivity contribution >= 4 is 5.91 Å². The first-order valence-corrected chi connectivity index (χ1v) is 8.89. The molecule has 2 aromatic carbocycles. The second kappa shape index (κ2) is 6.95. The SMILES string of the molecule is CN(Cc1cccc(F)c1)C(=O)c1nn(-c2ccc(F)cc2)c2c1CCC2. The summed E-state index contributed by atoms with van der Waals surface area (Å²) in [5.74, 6) is -0.832. The lowest BCUT2D eigenvalue weighted by atomic mass is 10.1. The van der Waals surface area contributed by atoms with Gasteiger partial charge in [0.25, 0.3) is 5.91 Å². The van der Waals surface area contributed by atoms with Gasteiger partial charge < -0.3 is 4.90 Å². The van der Waals surface area contributed by atoms with Gasteiger partial charge in [0.05, 0.1) is 5.69 Å². The van der Waals surface area contributed by atoms with Gasteiger partial charge in [0.15, 0.2) is 5.69 Å². The van der Waals surface area contributed by atoms with Crippen molar-refractivity contribution in [2.75, 3.05) is 7.05 Å². The molecule has 0 N–H and O–H groups in total. The van der Waals surface area contributed by atoms with E-state index in [1.807, 2.05) is 0 Å². The fraction of sp³-hybridized carbons (Fsp3) is 0.238. The highest BCUT2D eigenvalue weighted by Crippen LogP contribution is 2.28. The molecule has 0 atom stereocenters. The highest BCUT2D eigenvalue weighted by molar-refractivity contribution is 5.94. The normalized spacial score (nSPS) is 12.9. The molecule has 0 unspecified atom stereocenters. The molecule has 3 aromatic rings. The summed E-state index contributed by atoms with van der Waals surface area (Å²) in [5.41, 5.74) is 3.84. The zero-order valence-electron chi connectivity index (χ0n) is 15.0. The molecular weight excluding hydrogens is 348 g/mol. The van der Waals surface area contributed by atoms with E-state index in [-0.39, 0.29) is 17.5 Å². The van der Waals surface area contributed by atoms with Crippen molar-refractivity contribution in [1.29, 1.82) is 0 Å². The molecule has 1 aliphatic rings. The molecule has 0 saturated heterocycles. The number of halogens is 2. The molecule has 1 amide bonds. The van der Waals surface area contributed by atoms with Crippen molar-refractivity contribution < 1.29 is 13.6 Å². The fourth-order valence-electron chi connectivity index (χ4n) is 3.57. The largest absolute Gasteiger partial charge is 0.336 e. The topological polar surface area (TPSA) is 38.1 Å². The smallest absolute Gasteiger partial charge is 0.274 e. The van der Waals surface area contributed by atoms with Crippen LogP contribution in [0.15, 0.2) is 48.5 Å². The first kappa shape index (κ1) is 17.4. The monoisotopic (exact) mass is 367 g/mol. The summed E-state index contributed by atoms with van der Waals surface area (Å²) in [7, 11) is 1.69. The van der Waals surface area contributed by atoms with Crippen LogP contribution in [0.1, 0.15) is 33.7 Å². The summed E-state index contributed by atoms with van der Waals surface area (Å²) < 4.78 is 28.4. The Bertz CT molecular complexity index is 995. The summed E-state index contributed by atoms with van der Waals surface area (Å²) >= 11 is 0. The zero-order valence-corrected chi connectivity index (χ0v) is 15.0. The van der Waals surface area contributed by atoms with Crippen LogP contribution in [0, 0.1) is 11.6 Å². The van der Waals surface area contributed by atoms with Crippen LogP contribution in [0.25, 0.3) is 5.69 Å². The van der Waals surface area contributed by atoms with E-state index in [0.717, 1.165) is 41.8 Å². The molecule has 0 radical (unpaired) electrons. The van der Waals surface area contributed by atoms with Crippen LogP contribution < -0.4 is 0 Å². The molecule has 4 nitrogen and oxygen atoms in total. The lowest BCUT2D eigenvalue weighted by Crippen LogP contribution is -2.27. The van der Waals surface area contributed by atoms with Gasteiger partial charge in [-0.05, 0) is 61.2 Å². The minimum Gasteiger partial charge on any atom is -0.336 e. The van der Waals surface area contributed by atoms with Gasteiger partial charge in [-0.3, -0.25) is 4.79 Å². The first-order valence-electron chi connectivity index (χ1n) is 8.89. The summed E-state index contributed by atoms with van der Waals surface area (Å²) in [4.78, 5) is 14.5. The van der Waals surface area contributed by atoms with Crippen molar-refractivity contribution in [3.05, 3.63) is 82.7 Å². The number of amides is 1. The van der Waals surface area contributed by atoms with Gasteiger partial charge in [0.2, 0.25) is 0 Å². The minimum atomic E-state index is -0.324. The summed E-state index contributed by atoms with van der Waals surface area (Å²) in [6.45, 7) is 0.300. The van der Waals surface area contributed by atoms with E-state index >= 15 is 0 Å². The third-order valence-electron chi connectivity index (χ3n) is 4.86. The van der Waals surface area contributed by atoms with Gasteiger partial charge in [-0.15, -0.1) is 0 Å². The van der Waals surface area contributed by atoms with Crippen molar-refractivity contribution in [3.63, 3.8) is 0 Å². The molecule has 0 aliphatic heterocycles. The van der Waals surface area contributed by atoms with Crippen LogP contribution in [0.2, 0.25) is 0 Å². The Balaban J connectivity index is 1.64. The standard InChI is InChI=1S/C21H19F2N3O/c1-25(13-14-4-2-5-16(23)12-14)21(27)20-18-6-3-7-19(18)26(24-20)17-10-8-15(22)9-11-17/h2,4-5,8-12H,3,6-7,13H2,1H3. The van der Waals surface area contributed by atoms with Gasteiger partial charge in [-0.25, -0.2) is 13.5 Å². The molecule has 1 heterocycles. The number of hydrogen-bond acceptors (Lipinski definition) is 2. The van der Waals surface area contributed by atoms with Crippen LogP contribution >= 0.6 is 0 Å². The van der Waals surface area contributed by atoms with E-state index < -0.39 is 0 Å². The third-order valence-corrected chi connectivity index (χ3v) is 4.86. The molecule has 27 heavy (non-hydrogen) atoms. The molecule has 6 heteroatoms. The summed E-state index contributed by atoms with van der Waals surface area (Å²) in [6.07, 6.45) is 2.59. The lowest BCUT2D eigenvalue weighted by molar-refractivity contribution is 0.0777. The predicted octanol–water partition coefficient (Wildman–Crippen LogP) is 3.91. The van der Waals surface area contributed by atoms with E-state index in [1.165, 1.54) is 24.3 Å². The number of carbonyl (C=O) groups excluding carboxylic acids is 1. The maximum atomic E-state index is 13.4. The molecule has 1 aromatic heterocycles. The summed E-state index contributed by atoms with van der Waals surface area (Å²) in [6, 6.07) is 12.3. The Hall–Kier alpha value is -3.02. The van der Waals surface area contributed by atoms with Crippen LogP contribution in [0.3, 0.4) is 0 Å². The van der Waals surface area contributed by atoms with E-state index in [9.17, 15) is 13.6 Å². The molecular formula is C21H19F2N3O. The summed E-state index contributed by atoms with van der Waals surface area (Å²) in [5, 5.41) is 4.54. The van der Waals surface area contributed by atoms with E-state index in [0.29, 0.717) is 12.2 Å². The van der Waals surface area contributed by atoms with Crippen molar-refractivity contribution in [2.45, 2.75) is 25.8 Å². The highest BCUT2D eigenvalue weighted by Gasteiger charge is 2.28. The van der Waals surface area contributed by atoms with Gasteiger partial charge >= 0.3 is 0 Å². The number of fused-ring (bicyclic) bond motifs is 1. The Morgan fingerprint density at radius 2 is 1.89 bits per heavy atom. The predicted molar refractivity (Wildman–Crippen MR) is 97.7 cm³/mol. The molecule has 0 spiro atoms. The van der Waals surface area contributed by atoms with Crippen molar-refractivity contribution in [2.24, 2.45) is 0 Å². The Morgan fingerprint density at radius 3 is 2.63 bits per heavy atom. The first-order chi connectivity index (χ1) is 13.0. The molecule has 0 saturated carbocycles. The number of rotatable bonds is 4. The second-order valence-electron chi connectivity index (χ2n) is 6.81. The van der Waals surface area contributed by atoms with Gasteiger partial charge in [-0.2, -0.15) is 5.10 Å². The molecule has 4 rings (SSSR count). The third kappa shape index (κ3) is 3.35. The number of nitrogens with zero attached hydrogens (tertiary/aromatic N) is 3. The zero-order chi connectivity index (χ0) is 19.0. The molecule has 138 valence electrons. The van der Waals surface area contributed by atoms with Crippen molar-refractivity contribution in [1.82, 2.24) is 14.7 Å². The number of carbonyl (C=O) groups is 1. The number of benzene rings is 2. The molecule has 0 bridgehead atoms. The van der Waals surface area contributed by atoms with Crippen LogP contribution in [0.4, 0.5) is 8.78 Å².